The minimum absolute atomic E-state index is 0.00449. The van der Waals surface area contributed by atoms with Crippen molar-refractivity contribution in [3.8, 4) is 11.1 Å². The summed E-state index contributed by atoms with van der Waals surface area (Å²) in [6, 6.07) is 5.85. The molecule has 2 heterocycles. The first-order chi connectivity index (χ1) is 19.9. The maximum Gasteiger partial charge on any atom is 0.416 e. The van der Waals surface area contributed by atoms with Crippen LogP contribution in [0.5, 0.6) is 0 Å². The maximum atomic E-state index is 14.3. The fourth-order valence-corrected chi connectivity index (χ4v) is 5.34. The molecule has 1 N–H and O–H groups in total. The summed E-state index contributed by atoms with van der Waals surface area (Å²) in [6.07, 6.45) is -10.1. The van der Waals surface area contributed by atoms with E-state index in [1.165, 1.54) is 39.1 Å². The number of carbonyl (C=O) groups excluding carboxylic acids is 1. The van der Waals surface area contributed by atoms with Crippen LogP contribution in [0, 0.1) is 12.7 Å². The molecule has 3 aromatic rings. The monoisotopic (exact) mass is 633 g/mol. The number of anilines is 2. The van der Waals surface area contributed by atoms with Gasteiger partial charge in [0.2, 0.25) is 5.91 Å². The lowest BCUT2D eigenvalue weighted by Crippen LogP contribution is -2.43. The van der Waals surface area contributed by atoms with Crippen LogP contribution >= 0.6 is 0 Å². The Morgan fingerprint density at radius 2 is 1.48 bits per heavy atom. The number of aromatic nitrogens is 1. The van der Waals surface area contributed by atoms with Crippen LogP contribution in [-0.2, 0) is 22.6 Å². The standard InChI is InChI=1S/C30H28F9N3O2/c1-16-8-20(31)6-7-21(16)22-12-24(42-15-28(32,33)14-27(42,4)44)40-13-23(22)41(5)25(43)26(2,3)17-9-18(29(34,35)36)11-19(10-17)30(37,38)39/h6-13,44H,14-15H2,1-5H3/t27-/m0/s1. The van der Waals surface area contributed by atoms with E-state index in [1.807, 2.05) is 0 Å². The zero-order valence-electron chi connectivity index (χ0n) is 24.1. The summed E-state index contributed by atoms with van der Waals surface area (Å²) in [4.78, 5) is 20.0. The van der Waals surface area contributed by atoms with Gasteiger partial charge in [-0.25, -0.2) is 18.2 Å². The Labute approximate surface area is 246 Å². The van der Waals surface area contributed by atoms with Gasteiger partial charge in [0.25, 0.3) is 5.92 Å². The highest BCUT2D eigenvalue weighted by Crippen LogP contribution is 2.44. The highest BCUT2D eigenvalue weighted by Gasteiger charge is 2.52. The Hall–Kier alpha value is -3.81. The molecule has 5 nitrogen and oxygen atoms in total. The van der Waals surface area contributed by atoms with Crippen molar-refractivity contribution < 1.29 is 49.4 Å². The fraction of sp³-hybridized carbons (Fsp3) is 0.400. The van der Waals surface area contributed by atoms with Gasteiger partial charge in [-0.05, 0) is 80.8 Å². The van der Waals surface area contributed by atoms with Gasteiger partial charge in [0.15, 0.2) is 0 Å². The Morgan fingerprint density at radius 1 is 0.932 bits per heavy atom. The summed E-state index contributed by atoms with van der Waals surface area (Å²) in [6.45, 7) is 4.16. The number of aryl methyl sites for hydroxylation is 1. The van der Waals surface area contributed by atoms with Crippen molar-refractivity contribution in [2.45, 2.75) is 63.5 Å². The van der Waals surface area contributed by atoms with Gasteiger partial charge in [-0.15, -0.1) is 0 Å². The van der Waals surface area contributed by atoms with Crippen LogP contribution in [0.25, 0.3) is 11.1 Å². The molecular formula is C30H28F9N3O2. The number of aliphatic hydroxyl groups is 1. The van der Waals surface area contributed by atoms with E-state index >= 15 is 0 Å². The fourth-order valence-electron chi connectivity index (χ4n) is 5.34. The van der Waals surface area contributed by atoms with Crippen LogP contribution in [0.2, 0.25) is 0 Å². The molecule has 1 atom stereocenters. The predicted octanol–water partition coefficient (Wildman–Crippen LogP) is 7.73. The van der Waals surface area contributed by atoms with Crippen LogP contribution in [0.1, 0.15) is 49.4 Å². The topological polar surface area (TPSA) is 56.7 Å². The molecule has 0 bridgehead atoms. The van der Waals surface area contributed by atoms with Gasteiger partial charge in [-0.3, -0.25) is 4.79 Å². The number of pyridine rings is 1. The van der Waals surface area contributed by atoms with Crippen molar-refractivity contribution in [1.29, 1.82) is 0 Å². The second-order valence-electron chi connectivity index (χ2n) is 11.6. The molecule has 0 unspecified atom stereocenters. The Balaban J connectivity index is 1.86. The number of benzene rings is 2. The van der Waals surface area contributed by atoms with E-state index in [-0.39, 0.29) is 23.1 Å². The molecule has 238 valence electrons. The molecule has 0 saturated carbocycles. The third-order valence-corrected chi connectivity index (χ3v) is 7.70. The largest absolute Gasteiger partial charge is 0.416 e. The number of rotatable bonds is 5. The maximum absolute atomic E-state index is 14.3. The van der Waals surface area contributed by atoms with Gasteiger partial charge >= 0.3 is 12.4 Å². The first kappa shape index (κ1) is 33.1. The second kappa shape index (κ2) is 10.7. The van der Waals surface area contributed by atoms with Gasteiger partial charge in [0.1, 0.15) is 17.4 Å². The van der Waals surface area contributed by atoms with Gasteiger partial charge in [0.05, 0.1) is 41.4 Å². The van der Waals surface area contributed by atoms with E-state index in [4.69, 9.17) is 0 Å². The number of alkyl halides is 8. The molecule has 1 aliphatic rings. The van der Waals surface area contributed by atoms with E-state index in [0.29, 0.717) is 23.3 Å². The molecule has 0 spiro atoms. The Kier molecular flexibility index (Phi) is 8.02. The minimum atomic E-state index is -5.14. The molecule has 1 fully saturated rings. The average Bonchev–Trinajstić information content (AvgIpc) is 3.12. The van der Waals surface area contributed by atoms with E-state index in [1.54, 1.807) is 0 Å². The van der Waals surface area contributed by atoms with Gasteiger partial charge in [-0.1, -0.05) is 6.07 Å². The number of carbonyl (C=O) groups is 1. The number of halogens is 9. The lowest BCUT2D eigenvalue weighted by molar-refractivity contribution is -0.143. The van der Waals surface area contributed by atoms with Gasteiger partial charge < -0.3 is 14.9 Å². The molecular weight excluding hydrogens is 605 g/mol. The highest BCUT2D eigenvalue weighted by molar-refractivity contribution is 6.03. The van der Waals surface area contributed by atoms with Crippen molar-refractivity contribution in [2.75, 3.05) is 23.4 Å². The van der Waals surface area contributed by atoms with Crippen molar-refractivity contribution in [1.82, 2.24) is 4.98 Å². The Bertz CT molecular complexity index is 1570. The molecule has 14 heteroatoms. The average molecular weight is 634 g/mol. The minimum Gasteiger partial charge on any atom is -0.371 e. The molecule has 1 saturated heterocycles. The van der Waals surface area contributed by atoms with Crippen LogP contribution in [0.4, 0.5) is 51.0 Å². The summed E-state index contributed by atoms with van der Waals surface area (Å²) < 4.78 is 124. The lowest BCUT2D eigenvalue weighted by atomic mass is 9.81. The van der Waals surface area contributed by atoms with Crippen LogP contribution in [-0.4, -0.2) is 41.2 Å². The normalized spacial score (nSPS) is 18.9. The molecule has 2 aromatic carbocycles. The van der Waals surface area contributed by atoms with Crippen LogP contribution in [0.15, 0.2) is 48.7 Å². The molecule has 0 radical (unpaired) electrons. The molecule has 1 amide bonds. The predicted molar refractivity (Wildman–Crippen MR) is 145 cm³/mol. The first-order valence-corrected chi connectivity index (χ1v) is 13.2. The number of hydrogen-bond donors (Lipinski definition) is 1. The van der Waals surface area contributed by atoms with Crippen molar-refractivity contribution in [3.63, 3.8) is 0 Å². The van der Waals surface area contributed by atoms with Crippen molar-refractivity contribution in [3.05, 3.63) is 76.7 Å². The molecule has 1 aromatic heterocycles. The van der Waals surface area contributed by atoms with Crippen LogP contribution in [0.3, 0.4) is 0 Å². The second-order valence-corrected chi connectivity index (χ2v) is 11.6. The zero-order valence-corrected chi connectivity index (χ0v) is 24.1. The van der Waals surface area contributed by atoms with E-state index in [0.717, 1.165) is 35.9 Å². The van der Waals surface area contributed by atoms with E-state index in [9.17, 15) is 49.4 Å². The SMILES string of the molecule is Cc1cc(F)ccc1-c1cc(N2CC(F)(F)C[C@]2(C)O)ncc1N(C)C(=O)C(C)(C)c1cc(C(F)(F)F)cc(C(F)(F)F)c1. The summed E-state index contributed by atoms with van der Waals surface area (Å²) in [5, 5.41) is 10.7. The summed E-state index contributed by atoms with van der Waals surface area (Å²) >= 11 is 0. The van der Waals surface area contributed by atoms with Crippen LogP contribution < -0.4 is 9.80 Å². The van der Waals surface area contributed by atoms with Gasteiger partial charge in [0, 0.05) is 12.6 Å². The summed E-state index contributed by atoms with van der Waals surface area (Å²) in [7, 11) is 1.22. The smallest absolute Gasteiger partial charge is 0.371 e. The zero-order chi connectivity index (χ0) is 33.2. The number of likely N-dealkylation sites (N-methyl/N-ethyl adjacent to an activating group) is 1. The number of amides is 1. The number of hydrogen-bond acceptors (Lipinski definition) is 4. The van der Waals surface area contributed by atoms with E-state index < -0.39 is 70.8 Å². The van der Waals surface area contributed by atoms with Crippen molar-refractivity contribution in [2.24, 2.45) is 0 Å². The molecule has 4 rings (SSSR count). The third kappa shape index (κ3) is 6.35. The lowest BCUT2D eigenvalue weighted by Gasteiger charge is -2.33. The quantitative estimate of drug-likeness (QED) is 0.293. The van der Waals surface area contributed by atoms with E-state index in [2.05, 4.69) is 4.98 Å². The Morgan fingerprint density at radius 3 is 1.95 bits per heavy atom. The summed E-state index contributed by atoms with van der Waals surface area (Å²) in [5.41, 5.74) is -6.86. The third-order valence-electron chi connectivity index (χ3n) is 7.70. The van der Waals surface area contributed by atoms with Crippen molar-refractivity contribution >= 4 is 17.4 Å². The number of nitrogens with zero attached hydrogens (tertiary/aromatic N) is 3. The van der Waals surface area contributed by atoms with Gasteiger partial charge in [-0.2, -0.15) is 26.3 Å². The molecule has 44 heavy (non-hydrogen) atoms. The first-order valence-electron chi connectivity index (χ1n) is 13.2. The molecule has 1 aliphatic heterocycles. The highest BCUT2D eigenvalue weighted by atomic mass is 19.4. The summed E-state index contributed by atoms with van der Waals surface area (Å²) in [5.74, 6) is -4.89. The molecule has 0 aliphatic carbocycles.